The first kappa shape index (κ1) is 18.6. The molecule has 0 amide bonds. The number of amidine groups is 1. The molecule has 4 rings (SSSR count). The highest BCUT2D eigenvalue weighted by Gasteiger charge is 2.08. The third-order valence-corrected chi connectivity index (χ3v) is 4.54. The molecule has 1 heterocycles. The summed E-state index contributed by atoms with van der Waals surface area (Å²) in [5.74, 6) is 2.50. The molecule has 0 saturated heterocycles. The van der Waals surface area contributed by atoms with Crippen molar-refractivity contribution in [2.45, 2.75) is 6.42 Å². The van der Waals surface area contributed by atoms with Gasteiger partial charge in [0.05, 0.1) is 13.2 Å². The van der Waals surface area contributed by atoms with E-state index in [4.69, 9.17) is 25.0 Å². The Kier molecular flexibility index (Phi) is 5.47. The zero-order chi connectivity index (χ0) is 20.1. The Bertz CT molecular complexity index is 1100. The van der Waals surface area contributed by atoms with Gasteiger partial charge in [0.25, 0.3) is 0 Å². The molecule has 146 valence electrons. The van der Waals surface area contributed by atoms with Crippen LogP contribution in [0.15, 0.2) is 83.3 Å². The number of furan rings is 1. The van der Waals surface area contributed by atoms with Crippen LogP contribution in [-0.2, 0) is 0 Å². The molecule has 3 aromatic carbocycles. The third-order valence-electron chi connectivity index (χ3n) is 4.54. The van der Waals surface area contributed by atoms with Gasteiger partial charge >= 0.3 is 0 Å². The number of para-hydroxylation sites is 1. The van der Waals surface area contributed by atoms with Gasteiger partial charge in [0.15, 0.2) is 0 Å². The normalized spacial score (nSPS) is 10.8. The van der Waals surface area contributed by atoms with Gasteiger partial charge in [-0.05, 0) is 60.7 Å². The van der Waals surface area contributed by atoms with Gasteiger partial charge in [0, 0.05) is 22.9 Å². The van der Waals surface area contributed by atoms with Gasteiger partial charge in [0.1, 0.15) is 28.7 Å². The maximum atomic E-state index is 7.56. The molecule has 0 atom stereocenters. The highest BCUT2D eigenvalue weighted by Crippen LogP contribution is 2.29. The van der Waals surface area contributed by atoms with Crippen molar-refractivity contribution in [3.05, 3.63) is 84.4 Å². The molecule has 0 aliphatic rings. The van der Waals surface area contributed by atoms with Crippen molar-refractivity contribution in [1.29, 1.82) is 5.41 Å². The van der Waals surface area contributed by atoms with Gasteiger partial charge in [0.2, 0.25) is 0 Å². The molecule has 29 heavy (non-hydrogen) atoms. The molecule has 0 unspecified atom stereocenters. The Hall–Kier alpha value is -3.73. The molecule has 0 aliphatic heterocycles. The highest BCUT2D eigenvalue weighted by molar-refractivity contribution is 5.98. The molecule has 5 nitrogen and oxygen atoms in total. The number of hydrogen-bond acceptors (Lipinski definition) is 4. The average Bonchev–Trinajstić information content (AvgIpc) is 3.18. The number of nitrogens with two attached hydrogens (primary N) is 1. The Labute approximate surface area is 169 Å². The molecule has 0 bridgehead atoms. The van der Waals surface area contributed by atoms with Crippen LogP contribution in [0.4, 0.5) is 0 Å². The van der Waals surface area contributed by atoms with E-state index in [2.05, 4.69) is 0 Å². The average molecular weight is 386 g/mol. The quantitative estimate of drug-likeness (QED) is 0.247. The van der Waals surface area contributed by atoms with E-state index in [9.17, 15) is 0 Å². The monoisotopic (exact) mass is 386 g/mol. The molecule has 4 aromatic rings. The Morgan fingerprint density at radius 2 is 1.52 bits per heavy atom. The van der Waals surface area contributed by atoms with Crippen LogP contribution in [0.3, 0.4) is 0 Å². The van der Waals surface area contributed by atoms with Crippen LogP contribution in [-0.4, -0.2) is 19.0 Å². The number of rotatable bonds is 8. The molecule has 5 heteroatoms. The zero-order valence-electron chi connectivity index (χ0n) is 15.9. The first-order valence-electron chi connectivity index (χ1n) is 9.48. The lowest BCUT2D eigenvalue weighted by Gasteiger charge is -2.08. The fraction of sp³-hybridized carbons (Fsp3) is 0.125. The topological polar surface area (TPSA) is 81.5 Å². The van der Waals surface area contributed by atoms with Crippen molar-refractivity contribution in [3.63, 3.8) is 0 Å². The van der Waals surface area contributed by atoms with Crippen LogP contribution < -0.4 is 15.2 Å². The minimum atomic E-state index is 0.0466. The Balaban J connectivity index is 1.33. The summed E-state index contributed by atoms with van der Waals surface area (Å²) >= 11 is 0. The van der Waals surface area contributed by atoms with Gasteiger partial charge < -0.3 is 19.6 Å². The predicted molar refractivity (Wildman–Crippen MR) is 115 cm³/mol. The zero-order valence-corrected chi connectivity index (χ0v) is 15.9. The minimum absolute atomic E-state index is 0.0466. The Morgan fingerprint density at radius 3 is 2.21 bits per heavy atom. The van der Waals surface area contributed by atoms with E-state index in [1.165, 1.54) is 0 Å². The summed E-state index contributed by atoms with van der Waals surface area (Å²) in [4.78, 5) is 0. The lowest BCUT2D eigenvalue weighted by molar-refractivity contribution is 0.247. The second-order valence-corrected chi connectivity index (χ2v) is 6.66. The fourth-order valence-corrected chi connectivity index (χ4v) is 3.02. The number of hydrogen-bond donors (Lipinski definition) is 2. The first-order valence-corrected chi connectivity index (χ1v) is 9.48. The van der Waals surface area contributed by atoms with E-state index >= 15 is 0 Å². The van der Waals surface area contributed by atoms with Crippen molar-refractivity contribution in [2.24, 2.45) is 5.73 Å². The fourth-order valence-electron chi connectivity index (χ4n) is 3.02. The first-order chi connectivity index (χ1) is 14.2. The van der Waals surface area contributed by atoms with Crippen LogP contribution in [0.1, 0.15) is 12.0 Å². The van der Waals surface area contributed by atoms with Crippen molar-refractivity contribution in [2.75, 3.05) is 13.2 Å². The molecule has 1 aromatic heterocycles. The lowest BCUT2D eigenvalue weighted by atomic mass is 10.1. The number of nitrogen functional groups attached to an aromatic ring is 1. The maximum Gasteiger partial charge on any atom is 0.135 e. The molecular weight excluding hydrogens is 364 g/mol. The second-order valence-electron chi connectivity index (χ2n) is 6.66. The summed E-state index contributed by atoms with van der Waals surface area (Å²) in [5, 5.41) is 8.48. The molecule has 0 radical (unpaired) electrons. The van der Waals surface area contributed by atoms with E-state index < -0.39 is 0 Å². The van der Waals surface area contributed by atoms with Crippen LogP contribution >= 0.6 is 0 Å². The minimum Gasteiger partial charge on any atom is -0.493 e. The Morgan fingerprint density at radius 1 is 0.828 bits per heavy atom. The summed E-state index contributed by atoms with van der Waals surface area (Å²) in [6, 6.07) is 25.0. The van der Waals surface area contributed by atoms with E-state index in [1.807, 2.05) is 72.8 Å². The van der Waals surface area contributed by atoms with Crippen LogP contribution in [0.2, 0.25) is 0 Å². The van der Waals surface area contributed by atoms with Crippen molar-refractivity contribution >= 4 is 16.8 Å². The summed E-state index contributed by atoms with van der Waals surface area (Å²) < 4.78 is 17.4. The smallest absolute Gasteiger partial charge is 0.135 e. The van der Waals surface area contributed by atoms with Crippen LogP contribution in [0.25, 0.3) is 22.3 Å². The number of benzene rings is 3. The third kappa shape index (κ3) is 4.58. The number of fused-ring (bicyclic) bond motifs is 1. The summed E-state index contributed by atoms with van der Waals surface area (Å²) in [6.07, 6.45) is 0.804. The summed E-state index contributed by atoms with van der Waals surface area (Å²) in [7, 11) is 0. The standard InChI is InChI=1S/C24H22N2O3/c25-24(26)18-9-12-22-19(15-18)16-23(29-22)17-7-10-21(11-8-17)28-14-4-13-27-20-5-2-1-3-6-20/h1-3,5-12,15-16H,4,13-14H2,(H3,25,26). The SMILES string of the molecule is N=C(N)c1ccc2oc(-c3ccc(OCCCOc4ccccc4)cc3)cc2c1. The van der Waals surface area contributed by atoms with Crippen LogP contribution in [0.5, 0.6) is 11.5 Å². The van der Waals surface area contributed by atoms with E-state index in [0.717, 1.165) is 40.2 Å². The number of ether oxygens (including phenoxy) is 2. The highest BCUT2D eigenvalue weighted by atomic mass is 16.5. The van der Waals surface area contributed by atoms with Gasteiger partial charge in [-0.15, -0.1) is 0 Å². The summed E-state index contributed by atoms with van der Waals surface area (Å²) in [5.41, 5.74) is 7.97. The van der Waals surface area contributed by atoms with Crippen molar-refractivity contribution in [1.82, 2.24) is 0 Å². The molecule has 0 fully saturated rings. The maximum absolute atomic E-state index is 7.56. The number of nitrogens with one attached hydrogen (secondary N) is 1. The van der Waals surface area contributed by atoms with Gasteiger partial charge in [-0.3, -0.25) is 5.41 Å². The predicted octanol–water partition coefficient (Wildman–Crippen LogP) is 5.23. The second kappa shape index (κ2) is 8.52. The molecule has 0 spiro atoms. The largest absolute Gasteiger partial charge is 0.493 e. The van der Waals surface area contributed by atoms with Crippen molar-refractivity contribution < 1.29 is 13.9 Å². The molecular formula is C24H22N2O3. The van der Waals surface area contributed by atoms with Crippen LogP contribution in [0, 0.1) is 5.41 Å². The van der Waals surface area contributed by atoms with E-state index in [1.54, 1.807) is 6.07 Å². The van der Waals surface area contributed by atoms with Gasteiger partial charge in [-0.1, -0.05) is 18.2 Å². The molecule has 0 aliphatic carbocycles. The van der Waals surface area contributed by atoms with E-state index in [0.29, 0.717) is 18.8 Å². The van der Waals surface area contributed by atoms with Gasteiger partial charge in [-0.2, -0.15) is 0 Å². The van der Waals surface area contributed by atoms with Crippen molar-refractivity contribution in [3.8, 4) is 22.8 Å². The molecule has 0 saturated carbocycles. The molecule has 3 N–H and O–H groups in total. The summed E-state index contributed by atoms with van der Waals surface area (Å²) in [6.45, 7) is 1.20. The lowest BCUT2D eigenvalue weighted by Crippen LogP contribution is -2.10. The van der Waals surface area contributed by atoms with E-state index in [-0.39, 0.29) is 5.84 Å². The van der Waals surface area contributed by atoms with Gasteiger partial charge in [-0.25, -0.2) is 0 Å².